The topological polar surface area (TPSA) is 76.8 Å². The molecule has 7 heteroatoms. The summed E-state index contributed by atoms with van der Waals surface area (Å²) in [6, 6.07) is 13.7. The molecule has 3 N–H and O–H groups in total. The summed E-state index contributed by atoms with van der Waals surface area (Å²) in [5, 5.41) is 4.00. The number of nitrogens with one attached hydrogen (secondary N) is 1. The van der Waals surface area contributed by atoms with Crippen LogP contribution in [-0.4, -0.2) is 62.7 Å². The van der Waals surface area contributed by atoms with E-state index >= 15 is 0 Å². The van der Waals surface area contributed by atoms with Crippen molar-refractivity contribution in [3.63, 3.8) is 0 Å². The normalized spacial score (nSPS) is 20.6. The first kappa shape index (κ1) is 32.9. The maximum atomic E-state index is 10.6. The molecule has 0 amide bonds. The monoisotopic (exact) mass is 581 g/mol. The van der Waals surface area contributed by atoms with Crippen molar-refractivity contribution in [3.05, 3.63) is 58.6 Å². The van der Waals surface area contributed by atoms with Crippen LogP contribution in [-0.2, 0) is 0 Å². The zero-order valence-electron chi connectivity index (χ0n) is 25.4. The fraction of sp³-hybridized carbons (Fsp3) is 0.559. The van der Waals surface area contributed by atoms with Gasteiger partial charge in [0.2, 0.25) is 0 Å². The van der Waals surface area contributed by atoms with Crippen molar-refractivity contribution in [2.45, 2.75) is 78.0 Å². The smallest absolute Gasteiger partial charge is 0.150 e. The van der Waals surface area contributed by atoms with E-state index in [1.807, 2.05) is 36.4 Å². The van der Waals surface area contributed by atoms with Crippen molar-refractivity contribution in [3.8, 4) is 23.8 Å². The lowest BCUT2D eigenvalue weighted by atomic mass is 9.53. The van der Waals surface area contributed by atoms with Crippen molar-refractivity contribution in [1.29, 1.82) is 0 Å². The third-order valence-electron chi connectivity index (χ3n) is 8.30. The highest BCUT2D eigenvalue weighted by molar-refractivity contribution is 6.31. The van der Waals surface area contributed by atoms with Gasteiger partial charge in [-0.05, 0) is 88.6 Å². The first-order valence-electron chi connectivity index (χ1n) is 14.8. The van der Waals surface area contributed by atoms with Crippen LogP contribution in [0, 0.1) is 23.2 Å². The number of halogens is 1. The van der Waals surface area contributed by atoms with Crippen LogP contribution in [0.25, 0.3) is 0 Å². The minimum Gasteiger partial charge on any atom is -0.490 e. The number of piperidine rings is 2. The van der Waals surface area contributed by atoms with Gasteiger partial charge in [0.15, 0.2) is 0 Å². The number of hydrogen-bond acceptors (Lipinski definition) is 6. The fourth-order valence-electron chi connectivity index (χ4n) is 6.78. The molecule has 5 rings (SSSR count). The summed E-state index contributed by atoms with van der Waals surface area (Å²) in [4.78, 5) is 13.3. The number of nitrogens with zero attached hydrogens (tertiary/aromatic N) is 1. The number of terminal acetylenes is 1. The molecule has 0 unspecified atom stereocenters. The number of hydrogen-bond donors (Lipinski definition) is 2. The maximum absolute atomic E-state index is 10.6. The van der Waals surface area contributed by atoms with Crippen LogP contribution >= 0.6 is 11.6 Å². The number of nitrogens with two attached hydrogens (primary N) is 1. The summed E-state index contributed by atoms with van der Waals surface area (Å²) in [5.74, 6) is 4.22. The molecule has 3 aliphatic rings. The van der Waals surface area contributed by atoms with E-state index in [0.29, 0.717) is 22.3 Å². The lowest BCUT2D eigenvalue weighted by Gasteiger charge is -2.56. The van der Waals surface area contributed by atoms with Crippen LogP contribution in [0.5, 0.6) is 11.5 Å². The zero-order chi connectivity index (χ0) is 30.0. The quantitative estimate of drug-likeness (QED) is 0.313. The number of likely N-dealkylation sites (tertiary alicyclic amines) is 1. The van der Waals surface area contributed by atoms with Gasteiger partial charge < -0.3 is 25.4 Å². The SMILES string of the molecule is C#Cc1ccc(OC2C(C)(C)CC2(C)C)cc1Cl.CN.O=Cc1ccc(OC2CCN(C3CCNCC3)CC2)cc1. The van der Waals surface area contributed by atoms with Crippen LogP contribution in [0.15, 0.2) is 42.5 Å². The van der Waals surface area contributed by atoms with Crippen LogP contribution in [0.2, 0.25) is 5.02 Å². The third kappa shape index (κ3) is 8.96. The molecular formula is C34H48ClN3O3. The Morgan fingerprint density at radius 2 is 1.54 bits per heavy atom. The van der Waals surface area contributed by atoms with Crippen molar-refractivity contribution in [2.24, 2.45) is 16.6 Å². The Morgan fingerprint density at radius 3 is 2.05 bits per heavy atom. The highest BCUT2D eigenvalue weighted by atomic mass is 35.5. The molecule has 2 aromatic carbocycles. The van der Waals surface area contributed by atoms with E-state index in [4.69, 9.17) is 27.5 Å². The van der Waals surface area contributed by atoms with Gasteiger partial charge in [-0.2, -0.15) is 0 Å². The molecule has 224 valence electrons. The van der Waals surface area contributed by atoms with Gasteiger partial charge in [0, 0.05) is 47.2 Å². The molecule has 2 aliphatic heterocycles. The van der Waals surface area contributed by atoms with Gasteiger partial charge in [-0.25, -0.2) is 0 Å². The summed E-state index contributed by atoms with van der Waals surface area (Å²) in [6.07, 6.45) is 12.6. The predicted molar refractivity (Wildman–Crippen MR) is 169 cm³/mol. The van der Waals surface area contributed by atoms with Gasteiger partial charge in [-0.15, -0.1) is 6.42 Å². The first-order valence-corrected chi connectivity index (χ1v) is 15.2. The van der Waals surface area contributed by atoms with Gasteiger partial charge >= 0.3 is 0 Å². The Hall–Kier alpha value is -2.56. The van der Waals surface area contributed by atoms with E-state index in [1.165, 1.54) is 26.3 Å². The number of carbonyl (C=O) groups is 1. The van der Waals surface area contributed by atoms with Crippen molar-refractivity contribution in [1.82, 2.24) is 10.2 Å². The van der Waals surface area contributed by atoms with Gasteiger partial charge in [-0.1, -0.05) is 45.2 Å². The second-order valence-electron chi connectivity index (χ2n) is 12.5. The molecule has 6 nitrogen and oxygen atoms in total. The average Bonchev–Trinajstić information content (AvgIpc) is 2.98. The standard InChI is InChI=1S/C17H24N2O2.C16H19ClO.CH5N/c20-13-14-1-3-16(4-2-14)21-17-7-11-19(12-8-17)15-5-9-18-10-6-15;1-6-11-7-8-12(9-13(11)17)18-14-15(2,3)10-16(14,4)5;1-2/h1-4,13,15,17-18H,5-12H2;1,7-9,14H,10H2,2-5H3;2H2,1H3. The molecule has 3 fully saturated rings. The summed E-state index contributed by atoms with van der Waals surface area (Å²) >= 11 is 6.09. The first-order chi connectivity index (χ1) is 19.6. The number of carbonyl (C=O) groups excluding carboxylic acids is 1. The summed E-state index contributed by atoms with van der Waals surface area (Å²) in [7, 11) is 1.50. The molecule has 41 heavy (non-hydrogen) atoms. The Morgan fingerprint density at radius 1 is 0.951 bits per heavy atom. The van der Waals surface area contributed by atoms with E-state index < -0.39 is 0 Å². The molecule has 2 heterocycles. The fourth-order valence-corrected chi connectivity index (χ4v) is 7.00. The van der Waals surface area contributed by atoms with E-state index in [-0.39, 0.29) is 16.9 Å². The van der Waals surface area contributed by atoms with E-state index in [2.05, 4.69) is 49.6 Å². The second-order valence-corrected chi connectivity index (χ2v) is 12.9. The number of ether oxygens (including phenoxy) is 2. The van der Waals surface area contributed by atoms with Crippen LogP contribution in [0.3, 0.4) is 0 Å². The van der Waals surface area contributed by atoms with Gasteiger partial charge in [0.05, 0.1) is 5.02 Å². The Labute approximate surface area is 252 Å². The second kappa shape index (κ2) is 15.1. The molecular weight excluding hydrogens is 534 g/mol. The van der Waals surface area contributed by atoms with Crippen LogP contribution in [0.1, 0.15) is 75.7 Å². The molecule has 0 atom stereocenters. The lowest BCUT2D eigenvalue weighted by molar-refractivity contribution is -0.133. The van der Waals surface area contributed by atoms with Crippen molar-refractivity contribution < 1.29 is 14.3 Å². The molecule has 2 aromatic rings. The largest absolute Gasteiger partial charge is 0.490 e. The summed E-state index contributed by atoms with van der Waals surface area (Å²) < 4.78 is 12.1. The summed E-state index contributed by atoms with van der Waals surface area (Å²) in [6.45, 7) is 13.5. The maximum Gasteiger partial charge on any atom is 0.150 e. The van der Waals surface area contributed by atoms with Gasteiger partial charge in [0.25, 0.3) is 0 Å². The Balaban J connectivity index is 0.000000215. The highest BCUT2D eigenvalue weighted by Gasteiger charge is 2.54. The lowest BCUT2D eigenvalue weighted by Crippen LogP contribution is -2.58. The van der Waals surface area contributed by atoms with Gasteiger partial charge in [-0.3, -0.25) is 4.79 Å². The molecule has 0 bridgehead atoms. The van der Waals surface area contributed by atoms with Crippen molar-refractivity contribution >= 4 is 17.9 Å². The highest BCUT2D eigenvalue weighted by Crippen LogP contribution is 2.55. The van der Waals surface area contributed by atoms with E-state index in [9.17, 15) is 4.79 Å². The van der Waals surface area contributed by atoms with Crippen LogP contribution < -0.4 is 20.5 Å². The number of rotatable bonds is 6. The Kier molecular flexibility index (Phi) is 12.1. The third-order valence-corrected chi connectivity index (χ3v) is 8.61. The number of benzene rings is 2. The molecule has 0 aromatic heterocycles. The van der Waals surface area contributed by atoms with Gasteiger partial charge in [0.1, 0.15) is 30.0 Å². The summed E-state index contributed by atoms with van der Waals surface area (Å²) in [5.41, 5.74) is 6.32. The van der Waals surface area contributed by atoms with E-state index in [0.717, 1.165) is 62.8 Å². The number of aldehydes is 1. The molecule has 0 radical (unpaired) electrons. The van der Waals surface area contributed by atoms with Crippen LogP contribution in [0.4, 0.5) is 0 Å². The predicted octanol–water partition coefficient (Wildman–Crippen LogP) is 6.19. The van der Waals surface area contributed by atoms with E-state index in [1.54, 1.807) is 6.07 Å². The van der Waals surface area contributed by atoms with Crippen molar-refractivity contribution in [2.75, 3.05) is 33.2 Å². The average molecular weight is 582 g/mol. The molecule has 1 aliphatic carbocycles. The Bertz CT molecular complexity index is 1130. The molecule has 1 saturated carbocycles. The zero-order valence-corrected chi connectivity index (χ0v) is 26.2. The molecule has 0 spiro atoms. The molecule has 2 saturated heterocycles. The minimum absolute atomic E-state index is 0.206. The minimum atomic E-state index is 0.206.